The van der Waals surface area contributed by atoms with E-state index in [2.05, 4.69) is 21.9 Å². The number of benzene rings is 1. The van der Waals surface area contributed by atoms with Crippen molar-refractivity contribution >= 4 is 17.5 Å². The van der Waals surface area contributed by atoms with Crippen LogP contribution in [0.5, 0.6) is 5.75 Å². The predicted molar refractivity (Wildman–Crippen MR) is 132 cm³/mol. The van der Waals surface area contributed by atoms with Gasteiger partial charge >= 0.3 is 0 Å². The van der Waals surface area contributed by atoms with E-state index in [1.807, 2.05) is 29.7 Å². The number of anilines is 1. The van der Waals surface area contributed by atoms with Crippen molar-refractivity contribution in [3.63, 3.8) is 0 Å². The lowest BCUT2D eigenvalue weighted by molar-refractivity contribution is -0.148. The van der Waals surface area contributed by atoms with Crippen LogP contribution in [0.1, 0.15) is 19.4 Å². The first-order chi connectivity index (χ1) is 16.9. The van der Waals surface area contributed by atoms with Gasteiger partial charge in [-0.2, -0.15) is 0 Å². The molecule has 3 fully saturated rings. The van der Waals surface area contributed by atoms with Gasteiger partial charge in [0.15, 0.2) is 0 Å². The van der Waals surface area contributed by atoms with E-state index < -0.39 is 0 Å². The molecule has 2 amide bonds. The molecule has 35 heavy (non-hydrogen) atoms. The number of piperazine rings is 1. The monoisotopic (exact) mass is 486 g/mol. The third kappa shape index (κ3) is 5.13. The molecular formula is C26H38N4O5. The van der Waals surface area contributed by atoms with Gasteiger partial charge in [0.1, 0.15) is 5.75 Å². The molecule has 192 valence electrons. The number of fused-ring (bicyclic) bond motifs is 3. The van der Waals surface area contributed by atoms with Crippen LogP contribution < -0.4 is 9.64 Å². The summed E-state index contributed by atoms with van der Waals surface area (Å²) in [5.74, 6) is 1.02. The van der Waals surface area contributed by atoms with Gasteiger partial charge in [0, 0.05) is 57.6 Å². The lowest BCUT2D eigenvalue weighted by atomic mass is 9.82. The zero-order valence-electron chi connectivity index (χ0n) is 21.1. The molecule has 4 heterocycles. The van der Waals surface area contributed by atoms with Crippen LogP contribution in [0.3, 0.4) is 0 Å². The molecule has 3 saturated heterocycles. The first-order valence-corrected chi connectivity index (χ1v) is 12.9. The van der Waals surface area contributed by atoms with Crippen LogP contribution in [-0.4, -0.2) is 117 Å². The molecule has 4 aliphatic heterocycles. The Morgan fingerprint density at radius 1 is 1.00 bits per heavy atom. The van der Waals surface area contributed by atoms with Crippen molar-refractivity contribution in [2.24, 2.45) is 5.92 Å². The first kappa shape index (κ1) is 24.3. The molecule has 9 heteroatoms. The van der Waals surface area contributed by atoms with E-state index in [9.17, 15) is 9.59 Å². The van der Waals surface area contributed by atoms with Gasteiger partial charge in [-0.1, -0.05) is 6.07 Å². The average molecular weight is 487 g/mol. The molecule has 0 aliphatic carbocycles. The first-order valence-electron chi connectivity index (χ1n) is 12.9. The van der Waals surface area contributed by atoms with Gasteiger partial charge in [-0.3, -0.25) is 14.5 Å². The van der Waals surface area contributed by atoms with Crippen molar-refractivity contribution in [2.75, 3.05) is 77.6 Å². The van der Waals surface area contributed by atoms with Crippen molar-refractivity contribution in [1.82, 2.24) is 14.7 Å². The molecule has 1 aromatic rings. The van der Waals surface area contributed by atoms with Gasteiger partial charge in [0.05, 0.1) is 51.0 Å². The largest absolute Gasteiger partial charge is 0.497 e. The number of amides is 2. The van der Waals surface area contributed by atoms with Gasteiger partial charge in [-0.05, 0) is 31.9 Å². The van der Waals surface area contributed by atoms with Crippen molar-refractivity contribution in [3.05, 3.63) is 23.8 Å². The molecule has 0 N–H and O–H groups in total. The number of morpholine rings is 2. The smallest absolute Gasteiger partial charge is 0.236 e. The zero-order chi connectivity index (χ0) is 24.5. The number of hydrogen-bond acceptors (Lipinski definition) is 7. The van der Waals surface area contributed by atoms with E-state index in [0.717, 1.165) is 24.5 Å². The Labute approximate surface area is 207 Å². The molecule has 4 atom stereocenters. The van der Waals surface area contributed by atoms with E-state index in [0.29, 0.717) is 58.9 Å². The summed E-state index contributed by atoms with van der Waals surface area (Å²) >= 11 is 0. The molecular weight excluding hydrogens is 448 g/mol. The van der Waals surface area contributed by atoms with Gasteiger partial charge in [-0.25, -0.2) is 0 Å². The summed E-state index contributed by atoms with van der Waals surface area (Å²) in [4.78, 5) is 35.4. The lowest BCUT2D eigenvalue weighted by Gasteiger charge is -2.50. The molecule has 0 bridgehead atoms. The second kappa shape index (κ2) is 10.3. The second-order valence-corrected chi connectivity index (χ2v) is 10.3. The van der Waals surface area contributed by atoms with Crippen molar-refractivity contribution in [3.8, 4) is 5.75 Å². The van der Waals surface area contributed by atoms with E-state index in [-0.39, 0.29) is 36.0 Å². The van der Waals surface area contributed by atoms with Crippen LogP contribution in [0.15, 0.2) is 18.2 Å². The molecule has 4 unspecified atom stereocenters. The maximum atomic E-state index is 13.9. The van der Waals surface area contributed by atoms with Crippen LogP contribution in [0.4, 0.5) is 5.69 Å². The van der Waals surface area contributed by atoms with Gasteiger partial charge in [0.2, 0.25) is 11.8 Å². The van der Waals surface area contributed by atoms with Crippen LogP contribution in [0, 0.1) is 5.92 Å². The summed E-state index contributed by atoms with van der Waals surface area (Å²) in [7, 11) is 1.68. The van der Waals surface area contributed by atoms with Crippen molar-refractivity contribution in [1.29, 1.82) is 0 Å². The molecule has 0 aromatic heterocycles. The molecule has 0 saturated carbocycles. The SMILES string of the molecule is COc1ccc2c(c1)N1CCN(CC(=O)N3CCOCC3)CC1C(C(=O)N1CC(C)OC(C)C1)C2. The Morgan fingerprint density at radius 3 is 2.46 bits per heavy atom. The summed E-state index contributed by atoms with van der Waals surface area (Å²) < 4.78 is 16.8. The average Bonchev–Trinajstić information content (AvgIpc) is 2.87. The fourth-order valence-electron chi connectivity index (χ4n) is 6.09. The van der Waals surface area contributed by atoms with E-state index in [1.54, 1.807) is 7.11 Å². The van der Waals surface area contributed by atoms with E-state index in [1.165, 1.54) is 5.56 Å². The number of rotatable bonds is 4. The molecule has 5 rings (SSSR count). The Kier molecular flexibility index (Phi) is 7.18. The Balaban J connectivity index is 1.37. The molecule has 4 aliphatic rings. The highest BCUT2D eigenvalue weighted by atomic mass is 16.5. The number of carbonyl (C=O) groups excluding carboxylic acids is 2. The number of ether oxygens (including phenoxy) is 3. The van der Waals surface area contributed by atoms with Crippen molar-refractivity contribution in [2.45, 2.75) is 38.5 Å². The standard InChI is InChI=1S/C26H38N4O5/c1-18-14-29(15-19(2)35-18)26(32)22-12-20-4-5-21(33-3)13-23(20)30-7-6-27(16-24(22)30)17-25(31)28-8-10-34-11-9-28/h4-5,13,18-19,22,24H,6-12,14-17H2,1-3H3. The van der Waals surface area contributed by atoms with Crippen LogP contribution in [-0.2, 0) is 25.5 Å². The van der Waals surface area contributed by atoms with E-state index in [4.69, 9.17) is 14.2 Å². The van der Waals surface area contributed by atoms with E-state index >= 15 is 0 Å². The minimum atomic E-state index is -0.158. The fraction of sp³-hybridized carbons (Fsp3) is 0.692. The minimum absolute atomic E-state index is 0.0156. The predicted octanol–water partition coefficient (Wildman–Crippen LogP) is 0.853. The topological polar surface area (TPSA) is 74.8 Å². The zero-order valence-corrected chi connectivity index (χ0v) is 21.1. The summed E-state index contributed by atoms with van der Waals surface area (Å²) in [6.45, 7) is 10.5. The number of nitrogens with zero attached hydrogens (tertiary/aromatic N) is 4. The summed E-state index contributed by atoms with van der Waals surface area (Å²) in [5, 5.41) is 0. The number of carbonyl (C=O) groups is 2. The Bertz CT molecular complexity index is 926. The molecule has 0 radical (unpaired) electrons. The highest BCUT2D eigenvalue weighted by molar-refractivity contribution is 5.83. The third-order valence-electron chi connectivity index (χ3n) is 7.78. The second-order valence-electron chi connectivity index (χ2n) is 10.3. The Hall–Kier alpha value is -2.36. The fourth-order valence-corrected chi connectivity index (χ4v) is 6.09. The normalized spacial score (nSPS) is 29.4. The Morgan fingerprint density at radius 2 is 1.74 bits per heavy atom. The minimum Gasteiger partial charge on any atom is -0.497 e. The van der Waals surface area contributed by atoms with Crippen LogP contribution in [0.2, 0.25) is 0 Å². The highest BCUT2D eigenvalue weighted by Crippen LogP contribution is 2.39. The van der Waals surface area contributed by atoms with Crippen LogP contribution >= 0.6 is 0 Å². The van der Waals surface area contributed by atoms with Crippen LogP contribution in [0.25, 0.3) is 0 Å². The van der Waals surface area contributed by atoms with Crippen molar-refractivity contribution < 1.29 is 23.8 Å². The summed E-state index contributed by atoms with van der Waals surface area (Å²) in [5.41, 5.74) is 2.34. The number of methoxy groups -OCH3 is 1. The maximum Gasteiger partial charge on any atom is 0.236 e. The highest BCUT2D eigenvalue weighted by Gasteiger charge is 2.44. The lowest BCUT2D eigenvalue weighted by Crippen LogP contribution is -2.63. The third-order valence-corrected chi connectivity index (χ3v) is 7.78. The quantitative estimate of drug-likeness (QED) is 0.625. The summed E-state index contributed by atoms with van der Waals surface area (Å²) in [6.07, 6.45) is 0.769. The van der Waals surface area contributed by atoms with Gasteiger partial charge < -0.3 is 28.9 Å². The van der Waals surface area contributed by atoms with Gasteiger partial charge in [-0.15, -0.1) is 0 Å². The summed E-state index contributed by atoms with van der Waals surface area (Å²) in [6, 6.07) is 6.19. The molecule has 0 spiro atoms. The number of hydrogen-bond donors (Lipinski definition) is 0. The molecule has 9 nitrogen and oxygen atoms in total. The maximum absolute atomic E-state index is 13.9. The molecule has 1 aromatic carbocycles. The van der Waals surface area contributed by atoms with Gasteiger partial charge in [0.25, 0.3) is 0 Å².